The molecule has 108 valence electrons. The fraction of sp³-hybridized carbons (Fsp3) is 0.308. The van der Waals surface area contributed by atoms with Gasteiger partial charge in [0.05, 0.1) is 7.11 Å². The van der Waals surface area contributed by atoms with Crippen molar-refractivity contribution in [1.29, 1.82) is 0 Å². The molecule has 0 bridgehead atoms. The molecule has 1 unspecified atom stereocenters. The second-order valence-corrected chi connectivity index (χ2v) is 6.21. The Bertz CT molecular complexity index is 643. The summed E-state index contributed by atoms with van der Waals surface area (Å²) >= 11 is 0. The van der Waals surface area contributed by atoms with Crippen molar-refractivity contribution in [2.24, 2.45) is 0 Å². The van der Waals surface area contributed by atoms with Crippen LogP contribution in [0.2, 0.25) is 0 Å². The van der Waals surface area contributed by atoms with Crippen molar-refractivity contribution in [2.75, 3.05) is 20.0 Å². The van der Waals surface area contributed by atoms with Crippen molar-refractivity contribution in [3.05, 3.63) is 34.7 Å². The number of methoxy groups -OCH3 is 1. The Balaban J connectivity index is 2.32. The van der Waals surface area contributed by atoms with Gasteiger partial charge in [-0.25, -0.2) is 13.2 Å². The van der Waals surface area contributed by atoms with E-state index in [1.54, 1.807) is 24.3 Å². The topological polar surface area (TPSA) is 82.2 Å². The van der Waals surface area contributed by atoms with Crippen LogP contribution in [0.3, 0.4) is 0 Å². The first-order valence-electron chi connectivity index (χ1n) is 5.78. The summed E-state index contributed by atoms with van der Waals surface area (Å²) in [6.07, 6.45) is 1.96. The van der Waals surface area contributed by atoms with Crippen LogP contribution in [0.1, 0.15) is 5.56 Å². The van der Waals surface area contributed by atoms with E-state index in [-0.39, 0.29) is 6.29 Å². The van der Waals surface area contributed by atoms with Crippen LogP contribution < -0.4 is 4.74 Å². The maximum Gasteiger partial charge on any atom is 0.349 e. The van der Waals surface area contributed by atoms with Crippen LogP contribution in [0, 0.1) is 0 Å². The first-order chi connectivity index (χ1) is 9.40. The zero-order valence-electron chi connectivity index (χ0n) is 11.0. The van der Waals surface area contributed by atoms with Crippen molar-refractivity contribution < 1.29 is 27.4 Å². The largest absolute Gasteiger partial charge is 0.465 e. The van der Waals surface area contributed by atoms with E-state index >= 15 is 0 Å². The molecule has 0 saturated carbocycles. The highest BCUT2D eigenvalue weighted by molar-refractivity contribution is 7.95. The molecule has 2 rings (SSSR count). The SMILES string of the molecule is COC(=O)C(=Cc1cccc(OC2CO2)c1)S(C)(=O)=O. The third kappa shape index (κ3) is 3.82. The summed E-state index contributed by atoms with van der Waals surface area (Å²) in [4.78, 5) is 11.1. The Morgan fingerprint density at radius 2 is 2.15 bits per heavy atom. The summed E-state index contributed by atoms with van der Waals surface area (Å²) in [6.45, 7) is 0.539. The van der Waals surface area contributed by atoms with Gasteiger partial charge in [-0.05, 0) is 23.8 Å². The zero-order valence-corrected chi connectivity index (χ0v) is 11.8. The van der Waals surface area contributed by atoms with Gasteiger partial charge in [-0.1, -0.05) is 12.1 Å². The van der Waals surface area contributed by atoms with Crippen molar-refractivity contribution in [1.82, 2.24) is 0 Å². The number of hydrogen-bond acceptors (Lipinski definition) is 6. The van der Waals surface area contributed by atoms with E-state index in [2.05, 4.69) is 4.74 Å². The Hall–Kier alpha value is -1.86. The molecule has 0 N–H and O–H groups in total. The highest BCUT2D eigenvalue weighted by Gasteiger charge is 2.25. The second-order valence-electron chi connectivity index (χ2n) is 4.23. The lowest BCUT2D eigenvalue weighted by Gasteiger charge is -2.05. The molecule has 1 saturated heterocycles. The lowest BCUT2D eigenvalue weighted by molar-refractivity contribution is -0.135. The standard InChI is InChI=1S/C13H14O6S/c1-17-13(14)11(20(2,15)16)7-9-4-3-5-10(6-9)19-12-8-18-12/h3-7,12H,8H2,1-2H3. The fourth-order valence-electron chi connectivity index (χ4n) is 1.51. The number of ether oxygens (including phenoxy) is 3. The number of esters is 1. The fourth-order valence-corrected chi connectivity index (χ4v) is 2.24. The quantitative estimate of drug-likeness (QED) is 0.458. The highest BCUT2D eigenvalue weighted by Crippen LogP contribution is 2.22. The summed E-state index contributed by atoms with van der Waals surface area (Å²) < 4.78 is 38.0. The van der Waals surface area contributed by atoms with E-state index in [9.17, 15) is 13.2 Å². The highest BCUT2D eigenvalue weighted by atomic mass is 32.2. The Labute approximate surface area is 116 Å². The summed E-state index contributed by atoms with van der Waals surface area (Å²) in [5.74, 6) is -0.358. The average Bonchev–Trinajstić information content (AvgIpc) is 3.18. The van der Waals surface area contributed by atoms with E-state index < -0.39 is 20.7 Å². The maximum absolute atomic E-state index is 11.6. The van der Waals surface area contributed by atoms with Gasteiger partial charge in [-0.15, -0.1) is 0 Å². The lowest BCUT2D eigenvalue weighted by Crippen LogP contribution is -2.13. The molecule has 0 spiro atoms. The van der Waals surface area contributed by atoms with Gasteiger partial charge in [0.2, 0.25) is 6.29 Å². The normalized spacial score (nSPS) is 18.5. The Kier molecular flexibility index (Phi) is 4.10. The van der Waals surface area contributed by atoms with Crippen LogP contribution in [-0.2, 0) is 24.1 Å². The third-order valence-electron chi connectivity index (χ3n) is 2.51. The molecule has 1 atom stereocenters. The van der Waals surface area contributed by atoms with Gasteiger partial charge in [-0.3, -0.25) is 0 Å². The van der Waals surface area contributed by atoms with Crippen LogP contribution in [0.25, 0.3) is 6.08 Å². The van der Waals surface area contributed by atoms with E-state index in [1.807, 2.05) is 0 Å². The lowest BCUT2D eigenvalue weighted by atomic mass is 10.2. The minimum absolute atomic E-state index is 0.246. The molecule has 7 heteroatoms. The zero-order chi connectivity index (χ0) is 14.8. The molecular weight excluding hydrogens is 284 g/mol. The van der Waals surface area contributed by atoms with Crippen LogP contribution in [0.5, 0.6) is 5.75 Å². The number of carbonyl (C=O) groups excluding carboxylic acids is 1. The van der Waals surface area contributed by atoms with E-state index in [4.69, 9.17) is 9.47 Å². The van der Waals surface area contributed by atoms with Crippen LogP contribution in [0.15, 0.2) is 29.2 Å². The number of carbonyl (C=O) groups is 1. The molecular formula is C13H14O6S. The molecule has 1 aromatic carbocycles. The summed E-state index contributed by atoms with van der Waals surface area (Å²) in [6, 6.07) is 6.70. The van der Waals surface area contributed by atoms with Gasteiger partial charge in [0.1, 0.15) is 12.4 Å². The van der Waals surface area contributed by atoms with E-state index in [0.717, 1.165) is 13.4 Å². The third-order valence-corrected chi connectivity index (χ3v) is 3.60. The first-order valence-corrected chi connectivity index (χ1v) is 7.67. The Morgan fingerprint density at radius 1 is 1.45 bits per heavy atom. The number of sulfone groups is 1. The van der Waals surface area contributed by atoms with Crippen LogP contribution >= 0.6 is 0 Å². The predicted molar refractivity (Wildman–Crippen MR) is 71.6 cm³/mol. The summed E-state index contributed by atoms with van der Waals surface area (Å²) in [5, 5.41) is 0. The molecule has 6 nitrogen and oxygen atoms in total. The molecule has 1 heterocycles. The average molecular weight is 298 g/mol. The molecule has 0 radical (unpaired) electrons. The molecule has 1 aliphatic heterocycles. The number of hydrogen-bond donors (Lipinski definition) is 0. The van der Waals surface area contributed by atoms with Crippen molar-refractivity contribution in [3.63, 3.8) is 0 Å². The molecule has 20 heavy (non-hydrogen) atoms. The predicted octanol–water partition coefficient (Wildman–Crippen LogP) is 0.980. The monoisotopic (exact) mass is 298 g/mol. The van der Waals surface area contributed by atoms with Gasteiger partial charge in [0.15, 0.2) is 14.7 Å². The summed E-state index contributed by atoms with van der Waals surface area (Å²) in [5.41, 5.74) is 0.522. The number of rotatable bonds is 5. The van der Waals surface area contributed by atoms with Crippen molar-refractivity contribution in [3.8, 4) is 5.75 Å². The number of benzene rings is 1. The molecule has 1 fully saturated rings. The minimum atomic E-state index is -3.68. The number of epoxide rings is 1. The molecule has 0 amide bonds. The second kappa shape index (κ2) is 5.64. The van der Waals surface area contributed by atoms with Crippen molar-refractivity contribution >= 4 is 21.9 Å². The van der Waals surface area contributed by atoms with Gasteiger partial charge in [0.25, 0.3) is 0 Å². The smallest absolute Gasteiger partial charge is 0.349 e. The van der Waals surface area contributed by atoms with Gasteiger partial charge in [-0.2, -0.15) is 0 Å². The van der Waals surface area contributed by atoms with Crippen LogP contribution in [-0.4, -0.2) is 40.6 Å². The Morgan fingerprint density at radius 3 is 2.70 bits per heavy atom. The summed E-state index contributed by atoms with van der Waals surface area (Å²) in [7, 11) is -2.55. The van der Waals surface area contributed by atoms with Gasteiger partial charge in [0, 0.05) is 6.26 Å². The van der Waals surface area contributed by atoms with Gasteiger partial charge < -0.3 is 14.2 Å². The van der Waals surface area contributed by atoms with Crippen LogP contribution in [0.4, 0.5) is 0 Å². The van der Waals surface area contributed by atoms with Crippen molar-refractivity contribution in [2.45, 2.75) is 6.29 Å². The minimum Gasteiger partial charge on any atom is -0.465 e. The first kappa shape index (κ1) is 14.5. The molecule has 1 aliphatic rings. The molecule has 0 aliphatic carbocycles. The van der Waals surface area contributed by atoms with E-state index in [1.165, 1.54) is 6.08 Å². The molecule has 1 aromatic rings. The van der Waals surface area contributed by atoms with Gasteiger partial charge >= 0.3 is 5.97 Å². The molecule has 0 aromatic heterocycles. The van der Waals surface area contributed by atoms with E-state index in [0.29, 0.717) is 17.9 Å². The maximum atomic E-state index is 11.6.